The van der Waals surface area contributed by atoms with Gasteiger partial charge in [-0.25, -0.2) is 5.32 Å². The fourth-order valence-corrected chi connectivity index (χ4v) is 2.26. The zero-order valence-electron chi connectivity index (χ0n) is 12.4. The number of nitrogens with zero attached hydrogens (tertiary/aromatic N) is 2. The lowest BCUT2D eigenvalue weighted by Gasteiger charge is -2.25. The monoisotopic (exact) mass is 269 g/mol. The van der Waals surface area contributed by atoms with E-state index in [2.05, 4.69) is 17.1 Å². The second-order valence-electron chi connectivity index (χ2n) is 5.25. The number of hydrogen-bond acceptors (Lipinski definition) is 3. The highest BCUT2D eigenvalue weighted by Gasteiger charge is 2.09. The number of piperazine rings is 1. The van der Waals surface area contributed by atoms with E-state index in [-0.39, 0.29) is 5.97 Å². The highest BCUT2D eigenvalue weighted by atomic mass is 16.5. The first-order valence-electron chi connectivity index (χ1n) is 7.84. The van der Waals surface area contributed by atoms with Gasteiger partial charge in [0.15, 0.2) is 0 Å². The van der Waals surface area contributed by atoms with Crippen LogP contribution in [0, 0.1) is 0 Å². The molecule has 111 valence electrons. The van der Waals surface area contributed by atoms with Crippen LogP contribution in [0.15, 0.2) is 0 Å². The van der Waals surface area contributed by atoms with Gasteiger partial charge < -0.3 is 9.64 Å². The van der Waals surface area contributed by atoms with Crippen LogP contribution >= 0.6 is 0 Å². The van der Waals surface area contributed by atoms with Gasteiger partial charge in [-0.2, -0.15) is 0 Å². The molecule has 1 heterocycles. The third-order valence-electron chi connectivity index (χ3n) is 3.51. The number of carbonyl (C=O) groups is 1. The van der Waals surface area contributed by atoms with E-state index in [0.29, 0.717) is 13.0 Å². The van der Waals surface area contributed by atoms with Crippen LogP contribution in [-0.4, -0.2) is 50.2 Å². The maximum Gasteiger partial charge on any atom is 0.305 e. The molecule has 1 saturated heterocycles. The Bertz CT molecular complexity index is 228. The summed E-state index contributed by atoms with van der Waals surface area (Å²) in [4.78, 5) is 13.9. The molecule has 1 radical (unpaired) electrons. The van der Waals surface area contributed by atoms with Gasteiger partial charge in [0, 0.05) is 32.6 Å². The van der Waals surface area contributed by atoms with Gasteiger partial charge in [0.25, 0.3) is 0 Å². The summed E-state index contributed by atoms with van der Waals surface area (Å²) < 4.78 is 5.18. The van der Waals surface area contributed by atoms with E-state index in [0.717, 1.165) is 58.4 Å². The van der Waals surface area contributed by atoms with Gasteiger partial charge in [-0.3, -0.25) is 4.79 Å². The van der Waals surface area contributed by atoms with Crippen molar-refractivity contribution in [2.24, 2.45) is 0 Å². The number of ether oxygens (including phenoxy) is 1. The molecule has 0 bridgehead atoms. The molecule has 4 heteroatoms. The summed E-state index contributed by atoms with van der Waals surface area (Å²) in [6, 6.07) is 0. The lowest BCUT2D eigenvalue weighted by atomic mass is 10.2. The molecule has 0 aliphatic carbocycles. The smallest absolute Gasteiger partial charge is 0.305 e. The van der Waals surface area contributed by atoms with E-state index in [1.165, 1.54) is 12.8 Å². The summed E-state index contributed by atoms with van der Waals surface area (Å²) in [5, 5.41) is 4.33. The fraction of sp³-hybridized carbons (Fsp3) is 0.933. The standard InChI is InChI=1S/C15H29N2O2/c1-2-3-7-14-19-15(18)8-5-4-6-11-17-12-9-16-10-13-17/h2-14H2,1H3. The van der Waals surface area contributed by atoms with Crippen LogP contribution < -0.4 is 5.32 Å². The molecule has 0 spiro atoms. The minimum atomic E-state index is -0.0205. The third kappa shape index (κ3) is 9.00. The van der Waals surface area contributed by atoms with Crippen molar-refractivity contribution in [3.63, 3.8) is 0 Å². The largest absolute Gasteiger partial charge is 0.466 e. The number of hydrogen-bond donors (Lipinski definition) is 0. The van der Waals surface area contributed by atoms with Crippen molar-refractivity contribution in [2.45, 2.75) is 51.9 Å². The minimum absolute atomic E-state index is 0.0205. The molecule has 1 rings (SSSR count). The Labute approximate surface area is 117 Å². The zero-order chi connectivity index (χ0) is 13.8. The van der Waals surface area contributed by atoms with E-state index < -0.39 is 0 Å². The van der Waals surface area contributed by atoms with Gasteiger partial charge >= 0.3 is 5.97 Å². The molecule has 0 amide bonds. The van der Waals surface area contributed by atoms with Crippen LogP contribution in [0.5, 0.6) is 0 Å². The van der Waals surface area contributed by atoms with Crippen molar-refractivity contribution >= 4 is 5.97 Å². The molecule has 1 aliphatic rings. The van der Waals surface area contributed by atoms with E-state index in [4.69, 9.17) is 4.74 Å². The van der Waals surface area contributed by atoms with E-state index >= 15 is 0 Å². The lowest BCUT2D eigenvalue weighted by Crippen LogP contribution is -2.40. The molecule has 0 aromatic rings. The van der Waals surface area contributed by atoms with Crippen LogP contribution in [0.3, 0.4) is 0 Å². The Kier molecular flexibility index (Phi) is 9.72. The molecular formula is C15H29N2O2. The average Bonchev–Trinajstić information content (AvgIpc) is 2.44. The van der Waals surface area contributed by atoms with Crippen molar-refractivity contribution in [3.8, 4) is 0 Å². The molecule has 4 nitrogen and oxygen atoms in total. The van der Waals surface area contributed by atoms with E-state index in [9.17, 15) is 4.79 Å². The van der Waals surface area contributed by atoms with E-state index in [1.807, 2.05) is 0 Å². The van der Waals surface area contributed by atoms with Crippen LogP contribution in [0.1, 0.15) is 51.9 Å². The van der Waals surface area contributed by atoms with Crippen LogP contribution in [-0.2, 0) is 9.53 Å². The Morgan fingerprint density at radius 3 is 2.63 bits per heavy atom. The predicted octanol–water partition coefficient (Wildman–Crippen LogP) is 2.20. The average molecular weight is 269 g/mol. The Balaban J connectivity index is 1.85. The molecular weight excluding hydrogens is 240 g/mol. The lowest BCUT2D eigenvalue weighted by molar-refractivity contribution is -0.143. The summed E-state index contributed by atoms with van der Waals surface area (Å²) in [6.45, 7) is 8.11. The van der Waals surface area contributed by atoms with Gasteiger partial charge in [-0.05, 0) is 25.8 Å². The fourth-order valence-electron chi connectivity index (χ4n) is 2.26. The topological polar surface area (TPSA) is 43.6 Å². The first kappa shape index (κ1) is 16.4. The van der Waals surface area contributed by atoms with Crippen molar-refractivity contribution in [2.75, 3.05) is 39.3 Å². The number of esters is 1. The molecule has 19 heavy (non-hydrogen) atoms. The van der Waals surface area contributed by atoms with Crippen molar-refractivity contribution < 1.29 is 9.53 Å². The van der Waals surface area contributed by atoms with Gasteiger partial charge in [0.2, 0.25) is 0 Å². The SMILES string of the molecule is CCCCCOC(=O)CCCCCN1CC[N]CC1. The first-order valence-corrected chi connectivity index (χ1v) is 7.84. The zero-order valence-corrected chi connectivity index (χ0v) is 12.4. The maximum atomic E-state index is 11.4. The van der Waals surface area contributed by atoms with Gasteiger partial charge in [0.05, 0.1) is 6.61 Å². The normalized spacial score (nSPS) is 16.5. The second kappa shape index (κ2) is 11.2. The quantitative estimate of drug-likeness (QED) is 0.451. The van der Waals surface area contributed by atoms with Gasteiger partial charge in [-0.1, -0.05) is 26.2 Å². The van der Waals surface area contributed by atoms with Crippen molar-refractivity contribution in [1.82, 2.24) is 10.2 Å². The Morgan fingerprint density at radius 1 is 1.11 bits per heavy atom. The molecule has 1 fully saturated rings. The summed E-state index contributed by atoms with van der Waals surface area (Å²) in [5.74, 6) is -0.0205. The molecule has 0 aromatic heterocycles. The summed E-state index contributed by atoms with van der Waals surface area (Å²) >= 11 is 0. The van der Waals surface area contributed by atoms with Gasteiger partial charge in [0.1, 0.15) is 0 Å². The summed E-state index contributed by atoms with van der Waals surface area (Å²) in [7, 11) is 0. The molecule has 1 aliphatic heterocycles. The van der Waals surface area contributed by atoms with Crippen LogP contribution in [0.25, 0.3) is 0 Å². The van der Waals surface area contributed by atoms with E-state index in [1.54, 1.807) is 0 Å². The Hall–Kier alpha value is -0.610. The third-order valence-corrected chi connectivity index (χ3v) is 3.51. The highest BCUT2D eigenvalue weighted by molar-refractivity contribution is 5.69. The second-order valence-corrected chi connectivity index (χ2v) is 5.25. The Morgan fingerprint density at radius 2 is 1.89 bits per heavy atom. The number of unbranched alkanes of at least 4 members (excludes halogenated alkanes) is 4. The highest BCUT2D eigenvalue weighted by Crippen LogP contribution is 2.05. The molecule has 0 aromatic carbocycles. The summed E-state index contributed by atoms with van der Waals surface area (Å²) in [6.07, 6.45) is 7.17. The molecule has 0 saturated carbocycles. The number of carbonyl (C=O) groups excluding carboxylic acids is 1. The number of rotatable bonds is 10. The van der Waals surface area contributed by atoms with Crippen molar-refractivity contribution in [1.29, 1.82) is 0 Å². The van der Waals surface area contributed by atoms with Gasteiger partial charge in [-0.15, -0.1) is 0 Å². The minimum Gasteiger partial charge on any atom is -0.466 e. The van der Waals surface area contributed by atoms with Crippen LogP contribution in [0.4, 0.5) is 0 Å². The first-order chi connectivity index (χ1) is 9.33. The van der Waals surface area contributed by atoms with Crippen LogP contribution in [0.2, 0.25) is 0 Å². The predicted molar refractivity (Wildman–Crippen MR) is 77.3 cm³/mol. The maximum absolute atomic E-state index is 11.4. The molecule has 0 unspecified atom stereocenters. The van der Waals surface area contributed by atoms with Crippen molar-refractivity contribution in [3.05, 3.63) is 0 Å². The molecule has 0 atom stereocenters. The molecule has 0 N–H and O–H groups in total. The summed E-state index contributed by atoms with van der Waals surface area (Å²) in [5.41, 5.74) is 0.